The fourth-order valence-electron chi connectivity index (χ4n) is 3.81. The smallest absolute Gasteiger partial charge is 0.243 e. The van der Waals surface area contributed by atoms with Gasteiger partial charge in [-0.3, -0.25) is 0 Å². The SMILES string of the molecule is COc1ccc(S(=O)(=O)N2CCN(c3ccc(-c4ccccc4OC)nn3)CC2)cc1C. The first-order valence-corrected chi connectivity index (χ1v) is 11.7. The summed E-state index contributed by atoms with van der Waals surface area (Å²) in [5.41, 5.74) is 2.39. The predicted octanol–water partition coefficient (Wildman–Crippen LogP) is 2.98. The van der Waals surface area contributed by atoms with Crippen molar-refractivity contribution in [1.82, 2.24) is 14.5 Å². The molecule has 2 heterocycles. The Morgan fingerprint density at radius 2 is 1.56 bits per heavy atom. The van der Waals surface area contributed by atoms with Gasteiger partial charge >= 0.3 is 0 Å². The summed E-state index contributed by atoms with van der Waals surface area (Å²) in [6, 6.07) is 16.4. The van der Waals surface area contributed by atoms with E-state index in [1.807, 2.05) is 48.2 Å². The molecule has 0 saturated carbocycles. The molecule has 1 fully saturated rings. The molecule has 1 aliphatic rings. The third-order valence-electron chi connectivity index (χ3n) is 5.60. The molecule has 0 aliphatic carbocycles. The zero-order valence-electron chi connectivity index (χ0n) is 18.4. The number of para-hydroxylation sites is 1. The van der Waals surface area contributed by atoms with Gasteiger partial charge in [0.1, 0.15) is 11.5 Å². The van der Waals surface area contributed by atoms with Gasteiger partial charge in [0.05, 0.1) is 24.8 Å². The minimum Gasteiger partial charge on any atom is -0.496 e. The molecule has 8 nitrogen and oxygen atoms in total. The lowest BCUT2D eigenvalue weighted by Crippen LogP contribution is -2.49. The largest absolute Gasteiger partial charge is 0.496 e. The van der Waals surface area contributed by atoms with Gasteiger partial charge in [0, 0.05) is 31.7 Å². The quantitative estimate of drug-likeness (QED) is 0.566. The van der Waals surface area contributed by atoms with Crippen LogP contribution >= 0.6 is 0 Å². The van der Waals surface area contributed by atoms with Crippen molar-refractivity contribution in [2.45, 2.75) is 11.8 Å². The first kappa shape index (κ1) is 22.0. The summed E-state index contributed by atoms with van der Waals surface area (Å²) in [6.07, 6.45) is 0. The van der Waals surface area contributed by atoms with Gasteiger partial charge < -0.3 is 14.4 Å². The second-order valence-electron chi connectivity index (χ2n) is 7.50. The number of piperazine rings is 1. The Morgan fingerprint density at radius 1 is 0.844 bits per heavy atom. The number of hydrogen-bond donors (Lipinski definition) is 0. The number of rotatable bonds is 6. The molecular formula is C23H26N4O4S. The zero-order valence-corrected chi connectivity index (χ0v) is 19.2. The van der Waals surface area contributed by atoms with E-state index in [-0.39, 0.29) is 4.90 Å². The molecule has 9 heteroatoms. The molecule has 2 aromatic carbocycles. The van der Waals surface area contributed by atoms with Crippen LogP contribution in [-0.4, -0.2) is 63.3 Å². The standard InChI is InChI=1S/C23H26N4O4S/c1-17-16-18(8-10-21(17)30-2)32(28,29)27-14-12-26(13-15-27)23-11-9-20(24-25-23)19-6-4-5-7-22(19)31-3/h4-11,16H,12-15H2,1-3H3. The highest BCUT2D eigenvalue weighted by Crippen LogP contribution is 2.29. The molecule has 3 aromatic rings. The number of sulfonamides is 1. The maximum atomic E-state index is 13.1. The summed E-state index contributed by atoms with van der Waals surface area (Å²) in [5.74, 6) is 2.13. The third kappa shape index (κ3) is 4.26. The van der Waals surface area contributed by atoms with E-state index in [4.69, 9.17) is 9.47 Å². The second kappa shape index (κ2) is 9.13. The number of ether oxygens (including phenoxy) is 2. The van der Waals surface area contributed by atoms with Crippen LogP contribution in [0.2, 0.25) is 0 Å². The van der Waals surface area contributed by atoms with Crippen molar-refractivity contribution in [2.75, 3.05) is 45.3 Å². The summed E-state index contributed by atoms with van der Waals surface area (Å²) < 4.78 is 38.3. The van der Waals surface area contributed by atoms with Crippen LogP contribution in [0.5, 0.6) is 11.5 Å². The van der Waals surface area contributed by atoms with Crippen molar-refractivity contribution in [2.24, 2.45) is 0 Å². The highest BCUT2D eigenvalue weighted by atomic mass is 32.2. The van der Waals surface area contributed by atoms with Gasteiger partial charge in [-0.25, -0.2) is 8.42 Å². The number of nitrogens with zero attached hydrogens (tertiary/aromatic N) is 4. The van der Waals surface area contributed by atoms with Crippen LogP contribution in [0.4, 0.5) is 5.82 Å². The molecule has 0 spiro atoms. The molecule has 0 atom stereocenters. The summed E-state index contributed by atoms with van der Waals surface area (Å²) >= 11 is 0. The average molecular weight is 455 g/mol. The van der Waals surface area contributed by atoms with Gasteiger partial charge in [-0.1, -0.05) is 12.1 Å². The number of aryl methyl sites for hydroxylation is 1. The Labute approximate surface area is 188 Å². The van der Waals surface area contributed by atoms with Crippen molar-refractivity contribution in [3.8, 4) is 22.8 Å². The highest BCUT2D eigenvalue weighted by molar-refractivity contribution is 7.89. The maximum absolute atomic E-state index is 13.1. The van der Waals surface area contributed by atoms with E-state index in [1.54, 1.807) is 32.4 Å². The van der Waals surface area contributed by atoms with Gasteiger partial charge in [-0.15, -0.1) is 10.2 Å². The lowest BCUT2D eigenvalue weighted by atomic mass is 10.1. The molecule has 0 unspecified atom stereocenters. The Hall–Kier alpha value is -3.17. The van der Waals surface area contributed by atoms with Gasteiger partial charge in [0.25, 0.3) is 0 Å². The molecule has 1 aromatic heterocycles. The van der Waals surface area contributed by atoms with Gasteiger partial charge in [-0.2, -0.15) is 4.31 Å². The molecule has 4 rings (SSSR count). The Morgan fingerprint density at radius 3 is 2.19 bits per heavy atom. The summed E-state index contributed by atoms with van der Waals surface area (Å²) in [7, 11) is -0.367. The van der Waals surface area contributed by atoms with E-state index in [1.165, 1.54) is 4.31 Å². The van der Waals surface area contributed by atoms with Crippen LogP contribution in [0.25, 0.3) is 11.3 Å². The maximum Gasteiger partial charge on any atom is 0.243 e. The van der Waals surface area contributed by atoms with Crippen molar-refractivity contribution in [1.29, 1.82) is 0 Å². The summed E-state index contributed by atoms with van der Waals surface area (Å²) in [5, 5.41) is 8.73. The molecule has 32 heavy (non-hydrogen) atoms. The fraction of sp³-hybridized carbons (Fsp3) is 0.304. The van der Waals surface area contributed by atoms with Gasteiger partial charge in [0.2, 0.25) is 10.0 Å². The number of aromatic nitrogens is 2. The lowest BCUT2D eigenvalue weighted by Gasteiger charge is -2.34. The van der Waals surface area contributed by atoms with Crippen molar-refractivity contribution in [3.05, 3.63) is 60.2 Å². The average Bonchev–Trinajstić information content (AvgIpc) is 2.84. The topological polar surface area (TPSA) is 84.9 Å². The van der Waals surface area contributed by atoms with Crippen LogP contribution in [0.1, 0.15) is 5.56 Å². The first-order chi connectivity index (χ1) is 15.4. The normalized spacial score (nSPS) is 14.9. The zero-order chi connectivity index (χ0) is 22.7. The van der Waals surface area contributed by atoms with Crippen LogP contribution < -0.4 is 14.4 Å². The molecular weight excluding hydrogens is 428 g/mol. The van der Waals surface area contributed by atoms with E-state index in [9.17, 15) is 8.42 Å². The molecule has 168 valence electrons. The van der Waals surface area contributed by atoms with E-state index in [2.05, 4.69) is 10.2 Å². The van der Waals surface area contributed by atoms with E-state index in [0.717, 1.165) is 28.4 Å². The number of hydrogen-bond acceptors (Lipinski definition) is 7. The minimum atomic E-state index is -3.56. The van der Waals surface area contributed by atoms with E-state index < -0.39 is 10.0 Å². The molecule has 0 N–H and O–H groups in total. The van der Waals surface area contributed by atoms with Crippen molar-refractivity contribution >= 4 is 15.8 Å². The van der Waals surface area contributed by atoms with E-state index in [0.29, 0.717) is 31.9 Å². The third-order valence-corrected chi connectivity index (χ3v) is 7.49. The molecule has 1 aliphatic heterocycles. The number of benzene rings is 2. The predicted molar refractivity (Wildman–Crippen MR) is 123 cm³/mol. The fourth-order valence-corrected chi connectivity index (χ4v) is 5.32. The molecule has 1 saturated heterocycles. The van der Waals surface area contributed by atoms with Crippen LogP contribution in [0.15, 0.2) is 59.5 Å². The van der Waals surface area contributed by atoms with Gasteiger partial charge in [0.15, 0.2) is 5.82 Å². The Kier molecular flexibility index (Phi) is 6.29. The minimum absolute atomic E-state index is 0.283. The van der Waals surface area contributed by atoms with Crippen molar-refractivity contribution in [3.63, 3.8) is 0 Å². The monoisotopic (exact) mass is 454 g/mol. The van der Waals surface area contributed by atoms with Crippen LogP contribution in [-0.2, 0) is 10.0 Å². The van der Waals surface area contributed by atoms with Crippen LogP contribution in [0, 0.1) is 6.92 Å². The van der Waals surface area contributed by atoms with E-state index >= 15 is 0 Å². The molecule has 0 radical (unpaired) electrons. The van der Waals surface area contributed by atoms with Crippen LogP contribution in [0.3, 0.4) is 0 Å². The van der Waals surface area contributed by atoms with Gasteiger partial charge in [-0.05, 0) is 55.0 Å². The summed E-state index contributed by atoms with van der Waals surface area (Å²) in [4.78, 5) is 2.33. The number of anilines is 1. The number of methoxy groups -OCH3 is 2. The highest BCUT2D eigenvalue weighted by Gasteiger charge is 2.29. The summed E-state index contributed by atoms with van der Waals surface area (Å²) in [6.45, 7) is 3.67. The Bertz CT molecular complexity index is 1190. The second-order valence-corrected chi connectivity index (χ2v) is 9.44. The molecule has 0 bridgehead atoms. The lowest BCUT2D eigenvalue weighted by molar-refractivity contribution is 0.383. The Balaban J connectivity index is 1.45. The first-order valence-electron chi connectivity index (χ1n) is 10.3. The molecule has 0 amide bonds. The van der Waals surface area contributed by atoms with Crippen molar-refractivity contribution < 1.29 is 17.9 Å².